The van der Waals surface area contributed by atoms with Crippen molar-refractivity contribution < 1.29 is 14.3 Å². The summed E-state index contributed by atoms with van der Waals surface area (Å²) in [5.41, 5.74) is 3.85. The van der Waals surface area contributed by atoms with Crippen LogP contribution in [0.5, 0.6) is 11.5 Å². The zero-order valence-electron chi connectivity index (χ0n) is 16.9. The quantitative estimate of drug-likeness (QED) is 0.533. The average Bonchev–Trinajstić information content (AvgIpc) is 2.76. The Morgan fingerprint density at radius 1 is 1.03 bits per heavy atom. The maximum Gasteiger partial charge on any atom is 0.262 e. The number of halogens is 1. The molecular weight excluding hydrogens is 402 g/mol. The van der Waals surface area contributed by atoms with E-state index in [1.165, 1.54) is 0 Å². The van der Waals surface area contributed by atoms with E-state index in [4.69, 9.17) is 21.1 Å². The fraction of sp³-hybridized carbons (Fsp3) is 0.217. The van der Waals surface area contributed by atoms with Gasteiger partial charge in [-0.05, 0) is 48.4 Å². The molecule has 0 atom stereocenters. The van der Waals surface area contributed by atoms with Crippen molar-refractivity contribution in [2.75, 3.05) is 19.0 Å². The van der Waals surface area contributed by atoms with Crippen LogP contribution < -0.4 is 20.1 Å². The predicted molar refractivity (Wildman–Crippen MR) is 118 cm³/mol. The van der Waals surface area contributed by atoms with Gasteiger partial charge in [0.25, 0.3) is 5.91 Å². The fourth-order valence-corrected chi connectivity index (χ4v) is 3.02. The highest BCUT2D eigenvalue weighted by atomic mass is 35.5. The van der Waals surface area contributed by atoms with Crippen molar-refractivity contribution in [1.82, 2.24) is 10.3 Å². The van der Waals surface area contributed by atoms with Gasteiger partial charge in [-0.1, -0.05) is 29.3 Å². The molecule has 0 saturated heterocycles. The Labute approximate surface area is 181 Å². The Morgan fingerprint density at radius 2 is 1.77 bits per heavy atom. The topological polar surface area (TPSA) is 72.5 Å². The number of carbonyl (C=O) groups excluding carboxylic acids is 1. The number of carbonyl (C=O) groups is 1. The van der Waals surface area contributed by atoms with E-state index >= 15 is 0 Å². The normalized spacial score (nSPS) is 10.5. The summed E-state index contributed by atoms with van der Waals surface area (Å²) in [5.74, 6) is 0.669. The van der Waals surface area contributed by atoms with E-state index in [0.29, 0.717) is 29.6 Å². The van der Waals surface area contributed by atoms with Crippen LogP contribution in [0.25, 0.3) is 0 Å². The van der Waals surface area contributed by atoms with Crippen LogP contribution in [-0.4, -0.2) is 24.6 Å². The second-order valence-electron chi connectivity index (χ2n) is 6.76. The molecule has 0 saturated carbocycles. The first-order chi connectivity index (χ1) is 14.5. The number of hydrogen-bond acceptors (Lipinski definition) is 5. The first-order valence-corrected chi connectivity index (χ1v) is 9.88. The van der Waals surface area contributed by atoms with Crippen LogP contribution in [0.3, 0.4) is 0 Å². The average molecular weight is 426 g/mol. The van der Waals surface area contributed by atoms with E-state index in [1.807, 2.05) is 49.4 Å². The number of nitrogens with one attached hydrogen (secondary N) is 2. The van der Waals surface area contributed by atoms with Gasteiger partial charge in [0.2, 0.25) is 0 Å². The van der Waals surface area contributed by atoms with Crippen LogP contribution >= 0.6 is 11.6 Å². The van der Waals surface area contributed by atoms with Crippen molar-refractivity contribution in [3.05, 3.63) is 82.6 Å². The number of amides is 1. The molecule has 0 spiro atoms. The number of aromatic nitrogens is 1. The highest BCUT2D eigenvalue weighted by Crippen LogP contribution is 2.33. The molecule has 2 N–H and O–H groups in total. The summed E-state index contributed by atoms with van der Waals surface area (Å²) in [7, 11) is 1.55. The van der Waals surface area contributed by atoms with Crippen LogP contribution in [-0.2, 0) is 17.9 Å². The van der Waals surface area contributed by atoms with Crippen molar-refractivity contribution in [1.29, 1.82) is 0 Å². The van der Waals surface area contributed by atoms with Crippen molar-refractivity contribution in [2.24, 2.45) is 0 Å². The van der Waals surface area contributed by atoms with Crippen LogP contribution in [0.15, 0.2) is 60.9 Å². The molecule has 0 unspecified atom stereocenters. The van der Waals surface area contributed by atoms with Gasteiger partial charge in [-0.15, -0.1) is 0 Å². The van der Waals surface area contributed by atoms with E-state index in [0.717, 1.165) is 22.4 Å². The lowest BCUT2D eigenvalue weighted by molar-refractivity contribution is -0.118. The third-order valence-electron chi connectivity index (χ3n) is 4.42. The van der Waals surface area contributed by atoms with E-state index in [9.17, 15) is 4.79 Å². The number of benzene rings is 2. The van der Waals surface area contributed by atoms with Gasteiger partial charge in [0.1, 0.15) is 0 Å². The Hall–Kier alpha value is -3.09. The van der Waals surface area contributed by atoms with Gasteiger partial charge in [0.15, 0.2) is 18.1 Å². The highest BCUT2D eigenvalue weighted by molar-refractivity contribution is 6.31. The highest BCUT2D eigenvalue weighted by Gasteiger charge is 2.12. The summed E-state index contributed by atoms with van der Waals surface area (Å²) in [5, 5.41) is 6.67. The number of anilines is 1. The Kier molecular flexibility index (Phi) is 7.65. The maximum atomic E-state index is 12.2. The monoisotopic (exact) mass is 425 g/mol. The molecule has 156 valence electrons. The molecule has 1 aromatic heterocycles. The molecule has 0 bridgehead atoms. The predicted octanol–water partition coefficient (Wildman–Crippen LogP) is 4.36. The van der Waals surface area contributed by atoms with Gasteiger partial charge >= 0.3 is 0 Å². The summed E-state index contributed by atoms with van der Waals surface area (Å²) in [6, 6.07) is 14.9. The molecule has 0 aliphatic rings. The first-order valence-electron chi connectivity index (χ1n) is 9.50. The summed E-state index contributed by atoms with van der Waals surface area (Å²) in [6.07, 6.45) is 3.52. The minimum absolute atomic E-state index is 0.153. The third kappa shape index (κ3) is 6.20. The van der Waals surface area contributed by atoms with Crippen LogP contribution in [0.2, 0.25) is 5.02 Å². The lowest BCUT2D eigenvalue weighted by Crippen LogP contribution is -2.20. The minimum Gasteiger partial charge on any atom is -0.493 e. The zero-order valence-corrected chi connectivity index (χ0v) is 17.7. The number of nitrogens with zero attached hydrogens (tertiary/aromatic N) is 1. The van der Waals surface area contributed by atoms with Gasteiger partial charge in [-0.2, -0.15) is 0 Å². The Balaban J connectivity index is 1.57. The summed E-state index contributed by atoms with van der Waals surface area (Å²) in [6.45, 7) is 3.09. The molecule has 7 heteroatoms. The van der Waals surface area contributed by atoms with E-state index < -0.39 is 0 Å². The van der Waals surface area contributed by atoms with Crippen molar-refractivity contribution in [3.8, 4) is 11.5 Å². The van der Waals surface area contributed by atoms with Gasteiger partial charge < -0.3 is 20.1 Å². The Bertz CT molecular complexity index is 979. The van der Waals surface area contributed by atoms with Gasteiger partial charge in [-0.25, -0.2) is 0 Å². The lowest BCUT2D eigenvalue weighted by Gasteiger charge is -2.14. The molecule has 2 aromatic carbocycles. The summed E-state index contributed by atoms with van der Waals surface area (Å²) >= 11 is 6.41. The number of rotatable bonds is 9. The molecule has 1 amide bonds. The second-order valence-corrected chi connectivity index (χ2v) is 7.16. The second kappa shape index (κ2) is 10.6. The third-order valence-corrected chi connectivity index (χ3v) is 4.77. The van der Waals surface area contributed by atoms with Gasteiger partial charge in [0.05, 0.1) is 7.11 Å². The summed E-state index contributed by atoms with van der Waals surface area (Å²) in [4.78, 5) is 16.2. The zero-order chi connectivity index (χ0) is 21.3. The van der Waals surface area contributed by atoms with E-state index in [1.54, 1.807) is 25.6 Å². The standard InChI is InChI=1S/C23H24ClN3O3/c1-16-3-5-19(6-4-16)27-23(28)15-30-22-12-20(24)18(11-21(22)29-2)14-26-13-17-7-9-25-10-8-17/h3-12,26H,13-15H2,1-2H3,(H,27,28). The number of pyridine rings is 1. The van der Waals surface area contributed by atoms with Crippen molar-refractivity contribution in [2.45, 2.75) is 20.0 Å². The first kappa shape index (κ1) is 21.6. The largest absolute Gasteiger partial charge is 0.493 e. The molecule has 3 aromatic rings. The molecule has 30 heavy (non-hydrogen) atoms. The lowest BCUT2D eigenvalue weighted by atomic mass is 10.2. The molecule has 0 fully saturated rings. The maximum absolute atomic E-state index is 12.2. The van der Waals surface area contributed by atoms with Crippen LogP contribution in [0, 0.1) is 6.92 Å². The van der Waals surface area contributed by atoms with E-state index in [2.05, 4.69) is 15.6 Å². The number of hydrogen-bond donors (Lipinski definition) is 2. The molecule has 0 radical (unpaired) electrons. The van der Waals surface area contributed by atoms with Crippen molar-refractivity contribution >= 4 is 23.2 Å². The van der Waals surface area contributed by atoms with Crippen molar-refractivity contribution in [3.63, 3.8) is 0 Å². The molecule has 0 aliphatic heterocycles. The fourth-order valence-electron chi connectivity index (χ4n) is 2.80. The summed E-state index contributed by atoms with van der Waals surface area (Å²) < 4.78 is 11.1. The minimum atomic E-state index is -0.264. The van der Waals surface area contributed by atoms with Gasteiger partial charge in [-0.3, -0.25) is 9.78 Å². The van der Waals surface area contributed by atoms with Crippen LogP contribution in [0.1, 0.15) is 16.7 Å². The number of aryl methyl sites for hydroxylation is 1. The molecule has 6 nitrogen and oxygen atoms in total. The van der Waals surface area contributed by atoms with Gasteiger partial charge in [0, 0.05) is 42.3 Å². The molecule has 0 aliphatic carbocycles. The molecule has 3 rings (SSSR count). The van der Waals surface area contributed by atoms with Crippen LogP contribution in [0.4, 0.5) is 5.69 Å². The molecular formula is C23H24ClN3O3. The van der Waals surface area contributed by atoms with E-state index in [-0.39, 0.29) is 12.5 Å². The SMILES string of the molecule is COc1cc(CNCc2ccncc2)c(Cl)cc1OCC(=O)Nc1ccc(C)cc1. The Morgan fingerprint density at radius 3 is 2.47 bits per heavy atom. The number of methoxy groups -OCH3 is 1. The number of ether oxygens (including phenoxy) is 2. The smallest absolute Gasteiger partial charge is 0.262 e. The molecule has 1 heterocycles.